The molecule has 1 unspecified atom stereocenters. The van der Waals surface area contributed by atoms with Crippen LogP contribution in [0.3, 0.4) is 0 Å². The number of anilines is 1. The van der Waals surface area contributed by atoms with Crippen LogP contribution in [0, 0.1) is 0 Å². The van der Waals surface area contributed by atoms with Crippen LogP contribution in [0.1, 0.15) is 25.2 Å². The van der Waals surface area contributed by atoms with E-state index in [1.54, 1.807) is 32.0 Å². The number of nitrogens with zero attached hydrogens (tertiary/aromatic N) is 1. The summed E-state index contributed by atoms with van der Waals surface area (Å²) in [7, 11) is -3.68. The molecule has 25 heavy (non-hydrogen) atoms. The van der Waals surface area contributed by atoms with E-state index in [1.165, 1.54) is 18.3 Å². The molecular weight excluding hydrogens is 386 g/mol. The summed E-state index contributed by atoms with van der Waals surface area (Å²) in [5, 5.41) is 13.8. The Bertz CT molecular complexity index is 766. The van der Waals surface area contributed by atoms with Crippen molar-refractivity contribution in [2.24, 2.45) is 0 Å². The lowest BCUT2D eigenvalue weighted by Crippen LogP contribution is -2.16. The predicted molar refractivity (Wildman–Crippen MR) is 99.6 cm³/mol. The minimum Gasteiger partial charge on any atom is -0.508 e. The summed E-state index contributed by atoms with van der Waals surface area (Å²) in [6, 6.07) is 8.00. The van der Waals surface area contributed by atoms with Crippen LogP contribution < -0.4 is 5.32 Å². The Kier molecular flexibility index (Phi) is 7.11. The van der Waals surface area contributed by atoms with Crippen LogP contribution in [0.15, 0.2) is 36.5 Å². The average Bonchev–Trinajstić information content (AvgIpc) is 2.55. The maximum atomic E-state index is 13.3. The lowest BCUT2D eigenvalue weighted by atomic mass is 10.2. The highest BCUT2D eigenvalue weighted by molar-refractivity contribution is 7.54. The van der Waals surface area contributed by atoms with Crippen LogP contribution >= 0.6 is 30.8 Å². The van der Waals surface area contributed by atoms with E-state index in [2.05, 4.69) is 10.3 Å². The molecule has 0 saturated carbocycles. The fourth-order valence-corrected chi connectivity index (χ4v) is 4.61. The van der Waals surface area contributed by atoms with Gasteiger partial charge in [0.2, 0.25) is 0 Å². The highest BCUT2D eigenvalue weighted by Gasteiger charge is 2.39. The molecule has 0 amide bonds. The first-order valence-corrected chi connectivity index (χ1v) is 10.0. The topological polar surface area (TPSA) is 80.7 Å². The molecule has 1 heterocycles. The van der Waals surface area contributed by atoms with Gasteiger partial charge in [0.1, 0.15) is 11.6 Å². The van der Waals surface area contributed by atoms with Crippen LogP contribution in [0.2, 0.25) is 10.0 Å². The van der Waals surface area contributed by atoms with Crippen molar-refractivity contribution >= 4 is 36.6 Å². The summed E-state index contributed by atoms with van der Waals surface area (Å²) in [6.07, 6.45) is 1.41. The second-order valence-corrected chi connectivity index (χ2v) is 7.92. The van der Waals surface area contributed by atoms with Gasteiger partial charge in [0.25, 0.3) is 0 Å². The van der Waals surface area contributed by atoms with Crippen molar-refractivity contribution in [1.29, 1.82) is 0 Å². The predicted octanol–water partition coefficient (Wildman–Crippen LogP) is 5.47. The molecule has 136 valence electrons. The van der Waals surface area contributed by atoms with Crippen LogP contribution in [-0.4, -0.2) is 23.3 Å². The monoisotopic (exact) mass is 404 g/mol. The molecule has 0 bridgehead atoms. The van der Waals surface area contributed by atoms with Gasteiger partial charge < -0.3 is 19.5 Å². The molecule has 1 aromatic heterocycles. The van der Waals surface area contributed by atoms with Crippen molar-refractivity contribution in [2.75, 3.05) is 18.5 Å². The summed E-state index contributed by atoms with van der Waals surface area (Å²) >= 11 is 12.0. The number of aromatic hydroxyl groups is 1. The van der Waals surface area contributed by atoms with Crippen molar-refractivity contribution in [1.82, 2.24) is 4.98 Å². The molecule has 0 aliphatic rings. The first kappa shape index (κ1) is 20.0. The molecule has 0 fully saturated rings. The van der Waals surface area contributed by atoms with Gasteiger partial charge in [0.15, 0.2) is 5.78 Å². The zero-order valence-corrected chi connectivity index (χ0v) is 16.2. The third kappa shape index (κ3) is 4.87. The van der Waals surface area contributed by atoms with Gasteiger partial charge in [-0.25, -0.2) is 4.98 Å². The minimum atomic E-state index is -3.68. The molecule has 0 radical (unpaired) electrons. The van der Waals surface area contributed by atoms with E-state index in [0.717, 1.165) is 0 Å². The molecule has 6 nitrogen and oxygen atoms in total. The normalized spacial score (nSPS) is 12.8. The van der Waals surface area contributed by atoms with E-state index in [1.807, 2.05) is 0 Å². The zero-order valence-electron chi connectivity index (χ0n) is 13.8. The smallest absolute Gasteiger partial charge is 0.357 e. The van der Waals surface area contributed by atoms with Gasteiger partial charge in [0.05, 0.1) is 23.3 Å². The Hall–Kier alpha value is -1.30. The molecule has 0 aliphatic heterocycles. The Balaban J connectivity index is 2.52. The number of pyridine rings is 1. The third-order valence-corrected chi connectivity index (χ3v) is 6.02. The molecule has 1 aromatic carbocycles. The summed E-state index contributed by atoms with van der Waals surface area (Å²) in [5.41, 5.74) is 0.348. The van der Waals surface area contributed by atoms with E-state index in [0.29, 0.717) is 10.6 Å². The number of phenolic OH excluding ortho intramolecular Hbond substituents is 1. The number of rotatable bonds is 8. The van der Waals surface area contributed by atoms with Gasteiger partial charge >= 0.3 is 7.60 Å². The molecule has 0 saturated heterocycles. The van der Waals surface area contributed by atoms with Gasteiger partial charge in [-0.2, -0.15) is 0 Å². The largest absolute Gasteiger partial charge is 0.508 e. The Morgan fingerprint density at radius 3 is 2.44 bits per heavy atom. The highest BCUT2D eigenvalue weighted by atomic mass is 35.5. The Labute approximate surface area is 156 Å². The molecule has 1 atom stereocenters. The molecule has 2 aromatic rings. The number of nitrogens with one attached hydrogen (secondary N) is 1. The van der Waals surface area contributed by atoms with E-state index in [4.69, 9.17) is 32.2 Å². The van der Waals surface area contributed by atoms with Crippen molar-refractivity contribution in [3.63, 3.8) is 0 Å². The lowest BCUT2D eigenvalue weighted by Gasteiger charge is -2.28. The second kappa shape index (κ2) is 8.88. The van der Waals surface area contributed by atoms with Crippen LogP contribution in [0.4, 0.5) is 5.82 Å². The Morgan fingerprint density at radius 2 is 1.88 bits per heavy atom. The van der Waals surface area contributed by atoms with Gasteiger partial charge in [0, 0.05) is 11.8 Å². The lowest BCUT2D eigenvalue weighted by molar-refractivity contribution is 0.213. The number of para-hydroxylation sites is 1. The first-order chi connectivity index (χ1) is 11.9. The summed E-state index contributed by atoms with van der Waals surface area (Å²) < 4.78 is 24.2. The minimum absolute atomic E-state index is 0.0512. The summed E-state index contributed by atoms with van der Waals surface area (Å²) in [6.45, 7) is 3.76. The maximum absolute atomic E-state index is 13.3. The number of phenols is 1. The van der Waals surface area contributed by atoms with E-state index >= 15 is 0 Å². The fraction of sp³-hybridized carbons (Fsp3) is 0.312. The van der Waals surface area contributed by atoms with E-state index in [-0.39, 0.29) is 29.8 Å². The van der Waals surface area contributed by atoms with Crippen molar-refractivity contribution in [2.45, 2.75) is 19.6 Å². The van der Waals surface area contributed by atoms with Crippen LogP contribution in [0.25, 0.3) is 0 Å². The van der Waals surface area contributed by atoms with Gasteiger partial charge in [-0.05, 0) is 26.0 Å². The quantitative estimate of drug-likeness (QED) is 0.567. The van der Waals surface area contributed by atoms with Gasteiger partial charge in [-0.3, -0.25) is 4.57 Å². The molecule has 9 heteroatoms. The SMILES string of the molecule is CCOP(=O)(OCC)C(Nc1ncc(Cl)cc1Cl)c1ccccc1O. The zero-order chi connectivity index (χ0) is 18.4. The van der Waals surface area contributed by atoms with Crippen molar-refractivity contribution < 1.29 is 18.7 Å². The molecule has 2 N–H and O–H groups in total. The average molecular weight is 405 g/mol. The molecule has 2 rings (SSSR count). The van der Waals surface area contributed by atoms with E-state index < -0.39 is 13.4 Å². The van der Waals surface area contributed by atoms with E-state index in [9.17, 15) is 9.67 Å². The summed E-state index contributed by atoms with van der Waals surface area (Å²) in [4.78, 5) is 4.12. The van der Waals surface area contributed by atoms with Crippen LogP contribution in [0.5, 0.6) is 5.75 Å². The van der Waals surface area contributed by atoms with Crippen LogP contribution in [-0.2, 0) is 13.6 Å². The summed E-state index contributed by atoms with van der Waals surface area (Å²) in [5.74, 6) is -0.802. The second-order valence-electron chi connectivity index (χ2n) is 4.97. The molecule has 0 spiro atoms. The standard InChI is InChI=1S/C16H19Cl2N2O4P/c1-3-23-25(22,24-4-2)16(12-7-5-6-8-14(12)21)20-15-13(18)9-11(17)10-19-15/h5-10,16,21H,3-4H2,1-2H3,(H,19,20). The third-order valence-electron chi connectivity index (χ3n) is 3.25. The van der Waals surface area contributed by atoms with Gasteiger partial charge in [-0.15, -0.1) is 0 Å². The molecular formula is C16H19Cl2N2O4P. The van der Waals surface area contributed by atoms with Gasteiger partial charge in [-0.1, -0.05) is 41.4 Å². The Morgan fingerprint density at radius 1 is 1.24 bits per heavy atom. The first-order valence-electron chi connectivity index (χ1n) is 7.65. The fourth-order valence-electron chi connectivity index (χ4n) is 2.24. The number of aromatic nitrogens is 1. The number of benzene rings is 1. The maximum Gasteiger partial charge on any atom is 0.357 e. The highest BCUT2D eigenvalue weighted by Crippen LogP contribution is 2.62. The molecule has 0 aliphatic carbocycles. The number of hydrogen-bond acceptors (Lipinski definition) is 6. The number of hydrogen-bond donors (Lipinski definition) is 2. The van der Waals surface area contributed by atoms with Crippen molar-refractivity contribution in [3.8, 4) is 5.75 Å². The van der Waals surface area contributed by atoms with Crippen molar-refractivity contribution in [3.05, 3.63) is 52.1 Å². The number of halogens is 2.